The number of carbonyl (C=O) groups excluding carboxylic acids is 1. The lowest BCUT2D eigenvalue weighted by molar-refractivity contribution is 0.100. The average Bonchev–Trinajstić information content (AvgIpc) is 2.49. The predicted octanol–water partition coefficient (Wildman–Crippen LogP) is 2.34. The Bertz CT molecular complexity index is 681. The first-order valence-electron chi connectivity index (χ1n) is 7.16. The van der Waals surface area contributed by atoms with Crippen molar-refractivity contribution in [3.05, 3.63) is 59.2 Å². The molecule has 2 aromatic carbocycles. The molecule has 0 fully saturated rings. The smallest absolute Gasteiger partial charge is 0.250 e. The molecule has 3 rings (SSSR count). The summed E-state index contributed by atoms with van der Waals surface area (Å²) in [6.45, 7) is 0. The Hall–Kier alpha value is -2.49. The zero-order valence-electron chi connectivity index (χ0n) is 11.8. The highest BCUT2D eigenvalue weighted by Crippen LogP contribution is 2.26. The van der Waals surface area contributed by atoms with Gasteiger partial charge in [-0.25, -0.2) is 0 Å². The molecule has 1 aliphatic rings. The quantitative estimate of drug-likeness (QED) is 0.755. The molecule has 0 heterocycles. The van der Waals surface area contributed by atoms with Crippen molar-refractivity contribution < 1.29 is 4.79 Å². The lowest BCUT2D eigenvalue weighted by Crippen LogP contribution is -2.28. The number of aryl methyl sites for hydroxylation is 1. The van der Waals surface area contributed by atoms with Gasteiger partial charge in [0.1, 0.15) is 0 Å². The van der Waals surface area contributed by atoms with Crippen LogP contribution in [0.25, 0.3) is 0 Å². The fourth-order valence-electron chi connectivity index (χ4n) is 2.93. The molecular weight excluding hydrogens is 262 g/mol. The molecule has 21 heavy (non-hydrogen) atoms. The SMILES string of the molecule is NC(=O)c1cc(N)ccc1NC1CCc2ccccc2C1. The molecule has 4 heteroatoms. The predicted molar refractivity (Wildman–Crippen MR) is 85.3 cm³/mol. The van der Waals surface area contributed by atoms with Gasteiger partial charge in [0, 0.05) is 17.4 Å². The second-order valence-corrected chi connectivity index (χ2v) is 5.52. The van der Waals surface area contributed by atoms with Gasteiger partial charge < -0.3 is 16.8 Å². The monoisotopic (exact) mass is 281 g/mol. The first-order valence-corrected chi connectivity index (χ1v) is 7.16. The molecule has 1 unspecified atom stereocenters. The third-order valence-electron chi connectivity index (χ3n) is 4.02. The highest BCUT2D eigenvalue weighted by atomic mass is 16.1. The normalized spacial score (nSPS) is 17.0. The minimum absolute atomic E-state index is 0.307. The van der Waals surface area contributed by atoms with Crippen molar-refractivity contribution >= 4 is 17.3 Å². The second-order valence-electron chi connectivity index (χ2n) is 5.52. The Morgan fingerprint density at radius 2 is 1.90 bits per heavy atom. The maximum Gasteiger partial charge on any atom is 0.250 e. The lowest BCUT2D eigenvalue weighted by Gasteiger charge is -2.27. The van der Waals surface area contributed by atoms with Crippen molar-refractivity contribution in [2.24, 2.45) is 5.73 Å². The topological polar surface area (TPSA) is 81.1 Å². The van der Waals surface area contributed by atoms with Crippen LogP contribution in [0.1, 0.15) is 27.9 Å². The van der Waals surface area contributed by atoms with Crippen LogP contribution in [0.5, 0.6) is 0 Å². The minimum atomic E-state index is -0.457. The summed E-state index contributed by atoms with van der Waals surface area (Å²) >= 11 is 0. The van der Waals surface area contributed by atoms with Crippen LogP contribution in [0.2, 0.25) is 0 Å². The maximum atomic E-state index is 11.5. The Labute approximate surface area is 124 Å². The standard InChI is InChI=1S/C17H19N3O/c18-13-6-8-16(15(10-13)17(19)21)20-14-7-5-11-3-1-2-4-12(11)9-14/h1-4,6,8,10,14,20H,5,7,9,18H2,(H2,19,21). The van der Waals surface area contributed by atoms with E-state index in [1.807, 2.05) is 6.07 Å². The molecular formula is C17H19N3O. The van der Waals surface area contributed by atoms with E-state index in [-0.39, 0.29) is 0 Å². The number of anilines is 2. The van der Waals surface area contributed by atoms with Crippen LogP contribution in [0.15, 0.2) is 42.5 Å². The van der Waals surface area contributed by atoms with E-state index in [1.54, 1.807) is 12.1 Å². The van der Waals surface area contributed by atoms with Crippen LogP contribution >= 0.6 is 0 Å². The summed E-state index contributed by atoms with van der Waals surface area (Å²) in [7, 11) is 0. The van der Waals surface area contributed by atoms with Gasteiger partial charge in [0.2, 0.25) is 0 Å². The number of nitrogens with two attached hydrogens (primary N) is 2. The summed E-state index contributed by atoms with van der Waals surface area (Å²) in [6.07, 6.45) is 3.05. The summed E-state index contributed by atoms with van der Waals surface area (Å²) in [5, 5.41) is 3.44. The molecule has 0 aromatic heterocycles. The number of hydrogen-bond acceptors (Lipinski definition) is 3. The van der Waals surface area contributed by atoms with Gasteiger partial charge in [-0.2, -0.15) is 0 Å². The van der Waals surface area contributed by atoms with E-state index < -0.39 is 5.91 Å². The Morgan fingerprint density at radius 3 is 2.67 bits per heavy atom. The molecule has 0 aliphatic heterocycles. The second kappa shape index (κ2) is 5.48. The number of primary amides is 1. The van der Waals surface area contributed by atoms with E-state index in [0.29, 0.717) is 17.3 Å². The molecule has 108 valence electrons. The minimum Gasteiger partial charge on any atom is -0.399 e. The van der Waals surface area contributed by atoms with Crippen LogP contribution in [-0.2, 0) is 12.8 Å². The van der Waals surface area contributed by atoms with E-state index in [9.17, 15) is 4.79 Å². The average molecular weight is 281 g/mol. The zero-order chi connectivity index (χ0) is 14.8. The van der Waals surface area contributed by atoms with E-state index in [2.05, 4.69) is 29.6 Å². The molecule has 5 N–H and O–H groups in total. The number of carbonyl (C=O) groups is 1. The van der Waals surface area contributed by atoms with Crippen molar-refractivity contribution in [3.8, 4) is 0 Å². The molecule has 1 amide bonds. The van der Waals surface area contributed by atoms with E-state index in [1.165, 1.54) is 11.1 Å². The maximum absolute atomic E-state index is 11.5. The molecule has 0 spiro atoms. The third kappa shape index (κ3) is 2.84. The zero-order valence-corrected chi connectivity index (χ0v) is 11.8. The van der Waals surface area contributed by atoms with Gasteiger partial charge in [-0.15, -0.1) is 0 Å². The fraction of sp³-hybridized carbons (Fsp3) is 0.235. The van der Waals surface area contributed by atoms with Crippen molar-refractivity contribution in [3.63, 3.8) is 0 Å². The Morgan fingerprint density at radius 1 is 1.14 bits per heavy atom. The fourth-order valence-corrected chi connectivity index (χ4v) is 2.93. The van der Waals surface area contributed by atoms with Crippen LogP contribution in [-0.4, -0.2) is 11.9 Å². The molecule has 2 aromatic rings. The molecule has 0 radical (unpaired) electrons. The van der Waals surface area contributed by atoms with E-state index in [0.717, 1.165) is 24.9 Å². The van der Waals surface area contributed by atoms with Crippen LogP contribution < -0.4 is 16.8 Å². The van der Waals surface area contributed by atoms with Gasteiger partial charge in [0.15, 0.2) is 0 Å². The summed E-state index contributed by atoms with van der Waals surface area (Å²) in [4.78, 5) is 11.5. The molecule has 0 saturated carbocycles. The Balaban J connectivity index is 1.81. The number of rotatable bonds is 3. The van der Waals surface area contributed by atoms with Gasteiger partial charge in [0.05, 0.1) is 5.56 Å². The molecule has 0 saturated heterocycles. The van der Waals surface area contributed by atoms with Crippen LogP contribution in [0.3, 0.4) is 0 Å². The number of amides is 1. The van der Waals surface area contributed by atoms with Gasteiger partial charge >= 0.3 is 0 Å². The van der Waals surface area contributed by atoms with Crippen LogP contribution in [0, 0.1) is 0 Å². The van der Waals surface area contributed by atoms with Crippen LogP contribution in [0.4, 0.5) is 11.4 Å². The Kier molecular flexibility index (Phi) is 3.52. The number of nitrogen functional groups attached to an aromatic ring is 1. The summed E-state index contributed by atoms with van der Waals surface area (Å²) in [5.74, 6) is -0.457. The highest BCUT2D eigenvalue weighted by Gasteiger charge is 2.19. The number of nitrogens with one attached hydrogen (secondary N) is 1. The summed E-state index contributed by atoms with van der Waals surface area (Å²) in [6, 6.07) is 14.0. The van der Waals surface area contributed by atoms with Crippen molar-refractivity contribution in [1.29, 1.82) is 0 Å². The van der Waals surface area contributed by atoms with Crippen molar-refractivity contribution in [2.45, 2.75) is 25.3 Å². The van der Waals surface area contributed by atoms with Crippen molar-refractivity contribution in [1.82, 2.24) is 0 Å². The van der Waals surface area contributed by atoms with Gasteiger partial charge in [-0.3, -0.25) is 4.79 Å². The highest BCUT2D eigenvalue weighted by molar-refractivity contribution is 5.99. The molecule has 1 atom stereocenters. The molecule has 4 nitrogen and oxygen atoms in total. The molecule has 1 aliphatic carbocycles. The number of benzene rings is 2. The first-order chi connectivity index (χ1) is 10.1. The van der Waals surface area contributed by atoms with E-state index in [4.69, 9.17) is 11.5 Å². The van der Waals surface area contributed by atoms with Crippen molar-refractivity contribution in [2.75, 3.05) is 11.1 Å². The van der Waals surface area contributed by atoms with E-state index >= 15 is 0 Å². The molecule has 0 bridgehead atoms. The number of hydrogen-bond donors (Lipinski definition) is 3. The number of fused-ring (bicyclic) bond motifs is 1. The first kappa shape index (κ1) is 13.5. The third-order valence-corrected chi connectivity index (χ3v) is 4.02. The largest absolute Gasteiger partial charge is 0.399 e. The summed E-state index contributed by atoms with van der Waals surface area (Å²) in [5.41, 5.74) is 15.7. The summed E-state index contributed by atoms with van der Waals surface area (Å²) < 4.78 is 0. The van der Waals surface area contributed by atoms with Gasteiger partial charge in [-0.05, 0) is 48.6 Å². The van der Waals surface area contributed by atoms with Gasteiger partial charge in [-0.1, -0.05) is 24.3 Å². The lowest BCUT2D eigenvalue weighted by atomic mass is 9.88. The van der Waals surface area contributed by atoms with Gasteiger partial charge in [0.25, 0.3) is 5.91 Å².